The summed E-state index contributed by atoms with van der Waals surface area (Å²) in [5.74, 6) is 0.994. The first-order valence-electron chi connectivity index (χ1n) is 10.4. The number of hydrogen-bond acceptors (Lipinski definition) is 3. The summed E-state index contributed by atoms with van der Waals surface area (Å²) in [6, 6.07) is 6.33. The van der Waals surface area contributed by atoms with Crippen LogP contribution in [0.4, 0.5) is 0 Å². The molecule has 5 nitrogen and oxygen atoms in total. The Kier molecular flexibility index (Phi) is 6.33. The molecule has 1 aromatic carbocycles. The van der Waals surface area contributed by atoms with Crippen LogP contribution < -0.4 is 10.1 Å². The van der Waals surface area contributed by atoms with Crippen LogP contribution in [-0.2, 0) is 11.3 Å². The van der Waals surface area contributed by atoms with Crippen LogP contribution in [0.25, 0.3) is 10.9 Å². The van der Waals surface area contributed by atoms with Crippen molar-refractivity contribution in [2.24, 2.45) is 11.3 Å². The number of carbonyl (C=O) groups is 1. The summed E-state index contributed by atoms with van der Waals surface area (Å²) in [4.78, 5) is 14.0. The van der Waals surface area contributed by atoms with Crippen molar-refractivity contribution in [3.8, 4) is 5.75 Å². The van der Waals surface area contributed by atoms with E-state index < -0.39 is 5.97 Å². The zero-order valence-electron chi connectivity index (χ0n) is 17.6. The highest BCUT2D eigenvalue weighted by Crippen LogP contribution is 2.40. The van der Waals surface area contributed by atoms with Gasteiger partial charge in [0.2, 0.25) is 0 Å². The summed E-state index contributed by atoms with van der Waals surface area (Å²) in [5, 5.41) is 13.0. The maximum Gasteiger partial charge on any atom is 0.304 e. The Labute approximate surface area is 167 Å². The van der Waals surface area contributed by atoms with E-state index in [2.05, 4.69) is 56.2 Å². The first kappa shape index (κ1) is 20.7. The van der Waals surface area contributed by atoms with Crippen LogP contribution >= 0.6 is 0 Å². The molecule has 1 saturated carbocycles. The van der Waals surface area contributed by atoms with Crippen LogP contribution in [0.15, 0.2) is 18.2 Å². The van der Waals surface area contributed by atoms with Crippen molar-refractivity contribution in [1.29, 1.82) is 0 Å². The lowest BCUT2D eigenvalue weighted by molar-refractivity contribution is -0.136. The van der Waals surface area contributed by atoms with Crippen molar-refractivity contribution in [1.82, 2.24) is 10.3 Å². The number of nitrogens with one attached hydrogen (secondary N) is 2. The van der Waals surface area contributed by atoms with E-state index in [9.17, 15) is 4.79 Å². The molecule has 1 heterocycles. The SMILES string of the molecule is Cc1[nH]c2cc(CNCCC(=O)O)ccc2c1O[C@H]1CC[C@H](C(C)(C)C)CC1. The highest BCUT2D eigenvalue weighted by Gasteiger charge is 2.31. The van der Waals surface area contributed by atoms with Crippen LogP contribution in [0.3, 0.4) is 0 Å². The minimum absolute atomic E-state index is 0.138. The molecule has 0 atom stereocenters. The molecule has 28 heavy (non-hydrogen) atoms. The van der Waals surface area contributed by atoms with Gasteiger partial charge in [-0.3, -0.25) is 4.79 Å². The molecule has 1 aromatic heterocycles. The monoisotopic (exact) mass is 386 g/mol. The van der Waals surface area contributed by atoms with Crippen molar-refractivity contribution in [2.45, 2.75) is 72.4 Å². The summed E-state index contributed by atoms with van der Waals surface area (Å²) < 4.78 is 6.45. The Morgan fingerprint density at radius 3 is 2.61 bits per heavy atom. The maximum atomic E-state index is 10.6. The zero-order chi connectivity index (χ0) is 20.3. The molecule has 1 fully saturated rings. The molecular weight excluding hydrogens is 352 g/mol. The Balaban J connectivity index is 1.63. The number of aromatic amines is 1. The second-order valence-corrected chi connectivity index (χ2v) is 9.24. The number of fused-ring (bicyclic) bond motifs is 1. The molecule has 0 bridgehead atoms. The van der Waals surface area contributed by atoms with Crippen LogP contribution in [0, 0.1) is 18.3 Å². The van der Waals surface area contributed by atoms with Gasteiger partial charge in [-0.05, 0) is 61.6 Å². The third-order valence-corrected chi connectivity index (χ3v) is 6.02. The van der Waals surface area contributed by atoms with Gasteiger partial charge in [-0.25, -0.2) is 0 Å². The molecule has 2 aromatic rings. The fourth-order valence-electron chi connectivity index (χ4n) is 4.26. The maximum absolute atomic E-state index is 10.6. The quantitative estimate of drug-likeness (QED) is 0.584. The van der Waals surface area contributed by atoms with Gasteiger partial charge in [-0.15, -0.1) is 0 Å². The number of aromatic nitrogens is 1. The van der Waals surface area contributed by atoms with Gasteiger partial charge in [-0.1, -0.05) is 26.8 Å². The summed E-state index contributed by atoms with van der Waals surface area (Å²) in [5.41, 5.74) is 3.67. The molecule has 5 heteroatoms. The molecule has 3 N–H and O–H groups in total. The van der Waals surface area contributed by atoms with Crippen LogP contribution in [0.5, 0.6) is 5.75 Å². The van der Waals surface area contributed by atoms with Gasteiger partial charge in [0.1, 0.15) is 5.75 Å². The van der Waals surface area contributed by atoms with Crippen LogP contribution in [0.1, 0.15) is 64.1 Å². The van der Waals surface area contributed by atoms with E-state index in [-0.39, 0.29) is 6.42 Å². The lowest BCUT2D eigenvalue weighted by atomic mass is 9.72. The highest BCUT2D eigenvalue weighted by atomic mass is 16.5. The average molecular weight is 387 g/mol. The van der Waals surface area contributed by atoms with E-state index >= 15 is 0 Å². The topological polar surface area (TPSA) is 74.4 Å². The Bertz CT molecular complexity index is 811. The fourth-order valence-corrected chi connectivity index (χ4v) is 4.26. The minimum Gasteiger partial charge on any atom is -0.488 e. The lowest BCUT2D eigenvalue weighted by Crippen LogP contribution is -2.30. The van der Waals surface area contributed by atoms with Crippen molar-refractivity contribution in [2.75, 3.05) is 6.54 Å². The second-order valence-electron chi connectivity index (χ2n) is 9.24. The van der Waals surface area contributed by atoms with E-state index in [0.29, 0.717) is 24.6 Å². The Hall–Kier alpha value is -2.01. The summed E-state index contributed by atoms with van der Waals surface area (Å²) >= 11 is 0. The molecule has 3 rings (SSSR count). The average Bonchev–Trinajstić information content (AvgIpc) is 2.93. The molecule has 154 valence electrons. The van der Waals surface area contributed by atoms with Crippen LogP contribution in [0.2, 0.25) is 0 Å². The summed E-state index contributed by atoms with van der Waals surface area (Å²) in [7, 11) is 0. The highest BCUT2D eigenvalue weighted by molar-refractivity contribution is 5.88. The van der Waals surface area contributed by atoms with E-state index in [4.69, 9.17) is 9.84 Å². The van der Waals surface area contributed by atoms with Gasteiger partial charge in [-0.2, -0.15) is 0 Å². The molecule has 0 saturated heterocycles. The van der Waals surface area contributed by atoms with Crippen molar-refractivity contribution in [3.05, 3.63) is 29.5 Å². The number of aryl methyl sites for hydroxylation is 1. The predicted octanol–water partition coefficient (Wildman–Crippen LogP) is 5.02. The summed E-state index contributed by atoms with van der Waals surface area (Å²) in [6.45, 7) is 10.2. The number of carboxylic acid groups (broad SMARTS) is 1. The lowest BCUT2D eigenvalue weighted by Gasteiger charge is -2.37. The van der Waals surface area contributed by atoms with Crippen LogP contribution in [-0.4, -0.2) is 28.7 Å². The number of ether oxygens (including phenoxy) is 1. The van der Waals surface area contributed by atoms with Gasteiger partial charge in [0.15, 0.2) is 0 Å². The van der Waals surface area contributed by atoms with Gasteiger partial charge in [0.25, 0.3) is 0 Å². The van der Waals surface area contributed by atoms with Crippen molar-refractivity contribution < 1.29 is 14.6 Å². The number of benzene rings is 1. The largest absolute Gasteiger partial charge is 0.488 e. The number of H-pyrrole nitrogens is 1. The molecular formula is C23H34N2O3. The number of carboxylic acids is 1. The first-order chi connectivity index (χ1) is 13.2. The predicted molar refractivity (Wildman–Crippen MR) is 113 cm³/mol. The molecule has 0 unspecified atom stereocenters. The molecule has 0 spiro atoms. The summed E-state index contributed by atoms with van der Waals surface area (Å²) in [6.07, 6.45) is 5.16. The van der Waals surface area contributed by atoms with Gasteiger partial charge >= 0.3 is 5.97 Å². The zero-order valence-corrected chi connectivity index (χ0v) is 17.6. The number of rotatable bonds is 7. The van der Waals surface area contributed by atoms with Gasteiger partial charge in [0, 0.05) is 24.0 Å². The number of aliphatic carboxylic acids is 1. The Morgan fingerprint density at radius 2 is 1.96 bits per heavy atom. The third-order valence-electron chi connectivity index (χ3n) is 6.02. The molecule has 1 aliphatic carbocycles. The van der Waals surface area contributed by atoms with Gasteiger partial charge in [0.05, 0.1) is 18.2 Å². The van der Waals surface area contributed by atoms with E-state index in [1.807, 2.05) is 0 Å². The smallest absolute Gasteiger partial charge is 0.304 e. The van der Waals surface area contributed by atoms with Crippen molar-refractivity contribution >= 4 is 16.9 Å². The minimum atomic E-state index is -0.777. The van der Waals surface area contributed by atoms with E-state index in [1.165, 1.54) is 12.8 Å². The molecule has 1 aliphatic rings. The molecule has 0 radical (unpaired) electrons. The first-order valence-corrected chi connectivity index (χ1v) is 10.4. The molecule has 0 aliphatic heterocycles. The van der Waals surface area contributed by atoms with Crippen molar-refractivity contribution in [3.63, 3.8) is 0 Å². The van der Waals surface area contributed by atoms with E-state index in [0.717, 1.165) is 46.7 Å². The Morgan fingerprint density at radius 1 is 1.25 bits per heavy atom. The normalized spacial score (nSPS) is 20.4. The standard InChI is InChI=1S/C23H34N2O3/c1-15-22(28-18-8-6-17(7-9-18)23(2,3)4)19-10-5-16(13-20(19)25-15)14-24-12-11-21(26)27/h5,10,13,17-18,24-25H,6-9,11-12,14H2,1-4H3,(H,26,27)/t17-,18-. The molecule has 0 amide bonds. The third kappa shape index (κ3) is 5.07. The second kappa shape index (κ2) is 8.56. The fraction of sp³-hybridized carbons (Fsp3) is 0.609. The van der Waals surface area contributed by atoms with Gasteiger partial charge < -0.3 is 20.1 Å². The number of hydrogen-bond donors (Lipinski definition) is 3. The van der Waals surface area contributed by atoms with E-state index in [1.54, 1.807) is 0 Å².